The molecule has 0 aromatic heterocycles. The second-order valence-electron chi connectivity index (χ2n) is 8.15. The average molecular weight is 457 g/mol. The summed E-state index contributed by atoms with van der Waals surface area (Å²) < 4.78 is 5.77. The molecule has 2 fully saturated rings. The summed E-state index contributed by atoms with van der Waals surface area (Å²) in [5, 5.41) is 4.20. The van der Waals surface area contributed by atoms with Crippen molar-refractivity contribution in [1.82, 2.24) is 4.90 Å². The number of thioether (sulfide) groups is 1. The van der Waals surface area contributed by atoms with Gasteiger partial charge in [0.15, 0.2) is 5.50 Å². The molecular formula is C25H29ClN2O2S. The molecule has 3 atom stereocenters. The maximum atomic E-state index is 13.6. The number of hydrogen-bond donors (Lipinski definition) is 1. The van der Waals surface area contributed by atoms with Crippen LogP contribution in [0, 0.1) is 5.92 Å². The van der Waals surface area contributed by atoms with E-state index in [0.717, 1.165) is 28.3 Å². The van der Waals surface area contributed by atoms with Crippen LogP contribution in [0.1, 0.15) is 45.1 Å². The third-order valence-corrected chi connectivity index (χ3v) is 7.33. The van der Waals surface area contributed by atoms with E-state index in [9.17, 15) is 4.79 Å². The Bertz CT molecular complexity index is 950. The van der Waals surface area contributed by atoms with Crippen LogP contribution < -0.4 is 10.1 Å². The van der Waals surface area contributed by atoms with E-state index in [2.05, 4.69) is 17.1 Å². The molecule has 0 bridgehead atoms. The number of benzene rings is 2. The van der Waals surface area contributed by atoms with Crippen LogP contribution in [0.2, 0.25) is 5.02 Å². The number of nitrogens with zero attached hydrogens (tertiary/aromatic N) is 1. The van der Waals surface area contributed by atoms with Crippen LogP contribution in [0.4, 0.5) is 5.69 Å². The predicted octanol–water partition coefficient (Wildman–Crippen LogP) is 6.63. The van der Waals surface area contributed by atoms with Gasteiger partial charge >= 0.3 is 0 Å². The van der Waals surface area contributed by atoms with Gasteiger partial charge in [-0.1, -0.05) is 61.3 Å². The summed E-state index contributed by atoms with van der Waals surface area (Å²) in [5.41, 5.74) is 1.71. The SMILES string of the molecule is CCOc1ccc(Cl)cc1/C=C1\SC(Nc2ccccc2)N([C@@H]2CCCC[C@@H]2C)C1=O. The number of ether oxygens (including phenoxy) is 1. The molecule has 1 saturated heterocycles. The van der Waals surface area contributed by atoms with Gasteiger partial charge in [-0.3, -0.25) is 4.79 Å². The molecule has 0 spiro atoms. The molecule has 31 heavy (non-hydrogen) atoms. The van der Waals surface area contributed by atoms with E-state index < -0.39 is 0 Å². The number of para-hydroxylation sites is 1. The predicted molar refractivity (Wildman–Crippen MR) is 130 cm³/mol. The Balaban J connectivity index is 1.68. The number of carbonyl (C=O) groups excluding carboxylic acids is 1. The van der Waals surface area contributed by atoms with Gasteiger partial charge in [-0.15, -0.1) is 0 Å². The minimum absolute atomic E-state index is 0.0830. The van der Waals surface area contributed by atoms with Crippen LogP contribution in [0.5, 0.6) is 5.75 Å². The van der Waals surface area contributed by atoms with Crippen LogP contribution >= 0.6 is 23.4 Å². The fourth-order valence-corrected chi connectivity index (χ4v) is 5.81. The van der Waals surface area contributed by atoms with Crippen molar-refractivity contribution < 1.29 is 9.53 Å². The first-order valence-electron chi connectivity index (χ1n) is 11.0. The summed E-state index contributed by atoms with van der Waals surface area (Å²) in [6.45, 7) is 4.78. The second-order valence-corrected chi connectivity index (χ2v) is 9.70. The molecule has 2 aromatic carbocycles. The van der Waals surface area contributed by atoms with Gasteiger partial charge < -0.3 is 15.0 Å². The van der Waals surface area contributed by atoms with E-state index in [-0.39, 0.29) is 17.4 Å². The van der Waals surface area contributed by atoms with Crippen LogP contribution in [-0.2, 0) is 4.79 Å². The first kappa shape index (κ1) is 22.1. The number of halogens is 1. The summed E-state index contributed by atoms with van der Waals surface area (Å²) in [6, 6.07) is 15.9. The molecule has 6 heteroatoms. The maximum absolute atomic E-state index is 13.6. The van der Waals surface area contributed by atoms with Crippen LogP contribution in [0.3, 0.4) is 0 Å². The topological polar surface area (TPSA) is 41.6 Å². The van der Waals surface area contributed by atoms with E-state index in [1.54, 1.807) is 11.8 Å². The quantitative estimate of drug-likeness (QED) is 0.495. The summed E-state index contributed by atoms with van der Waals surface area (Å²) in [5.74, 6) is 1.31. The molecule has 1 aliphatic carbocycles. The van der Waals surface area contributed by atoms with Gasteiger partial charge in [0.2, 0.25) is 0 Å². The molecule has 2 aromatic rings. The van der Waals surface area contributed by atoms with Gasteiger partial charge in [0.1, 0.15) is 5.75 Å². The lowest BCUT2D eigenvalue weighted by atomic mass is 9.85. The Morgan fingerprint density at radius 3 is 2.71 bits per heavy atom. The molecule has 1 N–H and O–H groups in total. The Morgan fingerprint density at radius 1 is 1.19 bits per heavy atom. The van der Waals surface area contributed by atoms with Crippen LogP contribution in [-0.4, -0.2) is 29.0 Å². The molecule has 4 rings (SSSR count). The van der Waals surface area contributed by atoms with Gasteiger partial charge in [-0.05, 0) is 62.1 Å². The van der Waals surface area contributed by atoms with Crippen molar-refractivity contribution in [1.29, 1.82) is 0 Å². The number of amides is 1. The van der Waals surface area contributed by atoms with Crippen molar-refractivity contribution in [2.24, 2.45) is 5.92 Å². The molecule has 164 valence electrons. The van der Waals surface area contributed by atoms with Crippen LogP contribution in [0.25, 0.3) is 6.08 Å². The zero-order valence-corrected chi connectivity index (χ0v) is 19.6. The van der Waals surface area contributed by atoms with Gasteiger partial charge in [0.05, 0.1) is 11.5 Å². The normalized spacial score (nSPS) is 25.1. The molecule has 1 unspecified atom stereocenters. The minimum atomic E-state index is -0.138. The lowest BCUT2D eigenvalue weighted by Crippen LogP contribution is -2.48. The number of anilines is 1. The molecule has 2 aliphatic rings. The van der Waals surface area contributed by atoms with E-state index in [1.165, 1.54) is 19.3 Å². The largest absolute Gasteiger partial charge is 0.493 e. The van der Waals surface area contributed by atoms with Crippen molar-refractivity contribution >= 4 is 41.0 Å². The van der Waals surface area contributed by atoms with Gasteiger partial charge in [-0.25, -0.2) is 0 Å². The Morgan fingerprint density at radius 2 is 1.97 bits per heavy atom. The fourth-order valence-electron chi connectivity index (χ4n) is 4.43. The zero-order valence-electron chi connectivity index (χ0n) is 18.0. The first-order chi connectivity index (χ1) is 15.1. The van der Waals surface area contributed by atoms with E-state index in [0.29, 0.717) is 17.5 Å². The second kappa shape index (κ2) is 10.0. The fraction of sp³-hybridized carbons (Fsp3) is 0.400. The van der Waals surface area contributed by atoms with Gasteiger partial charge in [0.25, 0.3) is 5.91 Å². The third-order valence-electron chi connectivity index (χ3n) is 5.98. The summed E-state index contributed by atoms with van der Waals surface area (Å²) in [4.78, 5) is 16.4. The van der Waals surface area contributed by atoms with Crippen molar-refractivity contribution in [3.63, 3.8) is 0 Å². The van der Waals surface area contributed by atoms with Crippen molar-refractivity contribution in [3.05, 3.63) is 64.0 Å². The zero-order chi connectivity index (χ0) is 21.8. The van der Waals surface area contributed by atoms with E-state index in [4.69, 9.17) is 16.3 Å². The highest BCUT2D eigenvalue weighted by molar-refractivity contribution is 8.05. The standard InChI is InChI=1S/C25H29ClN2O2S/c1-3-30-22-14-13-19(26)15-18(22)16-23-24(29)28(21-12-8-7-9-17(21)2)25(31-23)27-20-10-5-4-6-11-20/h4-6,10-11,13-17,21,25,27H,3,7-9,12H2,1-2H3/b23-16-/t17-,21+,25?/m0/s1. The lowest BCUT2D eigenvalue weighted by molar-refractivity contribution is -0.129. The highest BCUT2D eigenvalue weighted by Gasteiger charge is 2.43. The molecule has 0 radical (unpaired) electrons. The Labute approximate surface area is 194 Å². The molecule has 1 heterocycles. The van der Waals surface area contributed by atoms with Gasteiger partial charge in [0, 0.05) is 22.3 Å². The number of carbonyl (C=O) groups is 1. The highest BCUT2D eigenvalue weighted by Crippen LogP contribution is 2.43. The summed E-state index contributed by atoms with van der Waals surface area (Å²) in [6.07, 6.45) is 6.56. The van der Waals surface area contributed by atoms with Crippen LogP contribution in [0.15, 0.2) is 53.4 Å². The lowest BCUT2D eigenvalue weighted by Gasteiger charge is -2.39. The van der Waals surface area contributed by atoms with Crippen molar-refractivity contribution in [2.75, 3.05) is 11.9 Å². The number of rotatable bonds is 6. The monoisotopic (exact) mass is 456 g/mol. The molecule has 1 amide bonds. The van der Waals surface area contributed by atoms with Gasteiger partial charge in [-0.2, -0.15) is 0 Å². The Hall–Kier alpha value is -2.11. The van der Waals surface area contributed by atoms with E-state index in [1.807, 2.05) is 61.5 Å². The first-order valence-corrected chi connectivity index (χ1v) is 12.3. The summed E-state index contributed by atoms with van der Waals surface area (Å²) in [7, 11) is 0. The maximum Gasteiger partial charge on any atom is 0.262 e. The Kier molecular flexibility index (Phi) is 7.13. The average Bonchev–Trinajstić information content (AvgIpc) is 3.06. The van der Waals surface area contributed by atoms with E-state index >= 15 is 0 Å². The summed E-state index contributed by atoms with van der Waals surface area (Å²) >= 11 is 7.82. The number of hydrogen-bond acceptors (Lipinski definition) is 4. The smallest absolute Gasteiger partial charge is 0.262 e. The molecule has 4 nitrogen and oxygen atoms in total. The van der Waals surface area contributed by atoms with Crippen molar-refractivity contribution in [3.8, 4) is 5.75 Å². The minimum Gasteiger partial charge on any atom is -0.493 e. The molecular weight excluding hydrogens is 428 g/mol. The molecule has 1 aliphatic heterocycles. The molecule has 1 saturated carbocycles. The third kappa shape index (κ3) is 5.04. The van der Waals surface area contributed by atoms with Crippen molar-refractivity contribution in [2.45, 2.75) is 51.1 Å². The number of nitrogens with one attached hydrogen (secondary N) is 1. The highest BCUT2D eigenvalue weighted by atomic mass is 35.5.